The van der Waals surface area contributed by atoms with E-state index in [1.165, 1.54) is 0 Å². The number of phenols is 1. The molecule has 0 saturated carbocycles. The van der Waals surface area contributed by atoms with Crippen molar-refractivity contribution in [3.8, 4) is 16.9 Å². The number of methoxy groups -OCH3 is 1. The third-order valence-corrected chi connectivity index (χ3v) is 4.92. The van der Waals surface area contributed by atoms with Crippen molar-refractivity contribution in [1.29, 1.82) is 0 Å². The van der Waals surface area contributed by atoms with E-state index in [0.717, 1.165) is 48.4 Å². The van der Waals surface area contributed by atoms with E-state index in [9.17, 15) is 9.90 Å². The SMILES string of the molecule is COCc1nn2c(C3CCNCC3)cc(=O)[nH]c2c1-c1ccc(O)cc1. The topological polar surface area (TPSA) is 91.7 Å². The van der Waals surface area contributed by atoms with Crippen LogP contribution in [-0.2, 0) is 11.3 Å². The van der Waals surface area contributed by atoms with E-state index in [1.807, 2.05) is 16.6 Å². The highest BCUT2D eigenvalue weighted by molar-refractivity contribution is 5.80. The molecular weight excluding hydrogens is 332 g/mol. The van der Waals surface area contributed by atoms with Gasteiger partial charge in [-0.25, -0.2) is 4.52 Å². The van der Waals surface area contributed by atoms with Crippen LogP contribution in [-0.4, -0.2) is 39.9 Å². The number of nitrogens with zero attached hydrogens (tertiary/aromatic N) is 2. The second kappa shape index (κ2) is 6.93. The summed E-state index contributed by atoms with van der Waals surface area (Å²) in [4.78, 5) is 15.3. The molecule has 1 saturated heterocycles. The van der Waals surface area contributed by atoms with Gasteiger partial charge >= 0.3 is 0 Å². The van der Waals surface area contributed by atoms with E-state index in [-0.39, 0.29) is 11.3 Å². The van der Waals surface area contributed by atoms with Crippen molar-refractivity contribution < 1.29 is 9.84 Å². The molecular formula is C19H22N4O3. The fourth-order valence-electron chi connectivity index (χ4n) is 3.69. The van der Waals surface area contributed by atoms with E-state index in [4.69, 9.17) is 9.84 Å². The molecule has 26 heavy (non-hydrogen) atoms. The highest BCUT2D eigenvalue weighted by atomic mass is 16.5. The fraction of sp³-hybridized carbons (Fsp3) is 0.368. The summed E-state index contributed by atoms with van der Waals surface area (Å²) in [5.74, 6) is 0.492. The van der Waals surface area contributed by atoms with Gasteiger partial charge in [0.1, 0.15) is 11.4 Å². The molecule has 2 aromatic heterocycles. The number of ether oxygens (including phenoxy) is 1. The molecule has 1 aliphatic heterocycles. The molecule has 0 unspecified atom stereocenters. The maximum atomic E-state index is 12.4. The lowest BCUT2D eigenvalue weighted by Gasteiger charge is -2.23. The van der Waals surface area contributed by atoms with Crippen molar-refractivity contribution in [2.24, 2.45) is 0 Å². The monoisotopic (exact) mass is 354 g/mol. The van der Waals surface area contributed by atoms with Gasteiger partial charge in [-0.1, -0.05) is 12.1 Å². The standard InChI is InChI=1S/C19H22N4O3/c1-26-11-15-18(13-2-4-14(24)5-3-13)19-21-17(25)10-16(23(19)22-15)12-6-8-20-9-7-12/h2-5,10,12,20,24H,6-9,11H2,1H3,(H,21,25). The predicted molar refractivity (Wildman–Crippen MR) is 98.5 cm³/mol. The van der Waals surface area contributed by atoms with Gasteiger partial charge in [-0.05, 0) is 43.6 Å². The zero-order chi connectivity index (χ0) is 18.1. The summed E-state index contributed by atoms with van der Waals surface area (Å²) in [6.07, 6.45) is 1.96. The van der Waals surface area contributed by atoms with Crippen LogP contribution in [0, 0.1) is 0 Å². The van der Waals surface area contributed by atoms with Gasteiger partial charge in [0.15, 0.2) is 0 Å². The van der Waals surface area contributed by atoms with Crippen molar-refractivity contribution in [3.63, 3.8) is 0 Å². The van der Waals surface area contributed by atoms with E-state index in [2.05, 4.69) is 10.3 Å². The Morgan fingerprint density at radius 3 is 2.69 bits per heavy atom. The zero-order valence-corrected chi connectivity index (χ0v) is 14.7. The quantitative estimate of drug-likeness (QED) is 0.667. The summed E-state index contributed by atoms with van der Waals surface area (Å²) in [7, 11) is 1.63. The number of hydrogen-bond acceptors (Lipinski definition) is 5. The summed E-state index contributed by atoms with van der Waals surface area (Å²) in [5, 5.41) is 17.7. The minimum atomic E-state index is -0.130. The number of hydrogen-bond donors (Lipinski definition) is 3. The van der Waals surface area contributed by atoms with Crippen LogP contribution < -0.4 is 10.9 Å². The van der Waals surface area contributed by atoms with Crippen molar-refractivity contribution in [2.75, 3.05) is 20.2 Å². The highest BCUT2D eigenvalue weighted by Gasteiger charge is 2.23. The minimum Gasteiger partial charge on any atom is -0.508 e. The maximum absolute atomic E-state index is 12.4. The molecule has 0 spiro atoms. The second-order valence-corrected chi connectivity index (χ2v) is 6.64. The van der Waals surface area contributed by atoms with Crippen LogP contribution in [0.2, 0.25) is 0 Å². The number of aromatic hydroxyl groups is 1. The lowest BCUT2D eigenvalue weighted by Crippen LogP contribution is -2.28. The first-order chi connectivity index (χ1) is 12.7. The average molecular weight is 354 g/mol. The Balaban J connectivity index is 1.95. The number of piperidine rings is 1. The number of benzene rings is 1. The molecule has 3 aromatic rings. The van der Waals surface area contributed by atoms with Crippen LogP contribution in [0.15, 0.2) is 35.1 Å². The maximum Gasteiger partial charge on any atom is 0.251 e. The molecule has 136 valence electrons. The number of aromatic amines is 1. The Kier molecular flexibility index (Phi) is 4.48. The minimum absolute atomic E-state index is 0.130. The Bertz CT molecular complexity index is 969. The molecule has 7 heteroatoms. The molecule has 0 atom stereocenters. The third-order valence-electron chi connectivity index (χ3n) is 4.92. The van der Waals surface area contributed by atoms with Gasteiger partial charge in [0.05, 0.1) is 23.6 Å². The molecule has 0 amide bonds. The van der Waals surface area contributed by atoms with E-state index in [1.54, 1.807) is 25.3 Å². The van der Waals surface area contributed by atoms with Gasteiger partial charge in [-0.15, -0.1) is 0 Å². The number of rotatable bonds is 4. The molecule has 1 aliphatic rings. The number of fused-ring (bicyclic) bond motifs is 1. The number of aromatic nitrogens is 3. The molecule has 3 heterocycles. The van der Waals surface area contributed by atoms with Gasteiger partial charge in [-0.2, -0.15) is 5.10 Å². The number of H-pyrrole nitrogens is 1. The van der Waals surface area contributed by atoms with E-state index < -0.39 is 0 Å². The molecule has 0 radical (unpaired) electrons. The Morgan fingerprint density at radius 1 is 1.27 bits per heavy atom. The average Bonchev–Trinajstić information content (AvgIpc) is 3.01. The van der Waals surface area contributed by atoms with E-state index in [0.29, 0.717) is 18.2 Å². The predicted octanol–water partition coefficient (Wildman–Crippen LogP) is 2.01. The summed E-state index contributed by atoms with van der Waals surface area (Å²) in [6.45, 7) is 2.22. The van der Waals surface area contributed by atoms with Gasteiger partial charge in [0, 0.05) is 19.1 Å². The largest absolute Gasteiger partial charge is 0.508 e. The van der Waals surface area contributed by atoms with Crippen LogP contribution in [0.4, 0.5) is 0 Å². The van der Waals surface area contributed by atoms with Crippen molar-refractivity contribution in [3.05, 3.63) is 52.1 Å². The van der Waals surface area contributed by atoms with Crippen molar-refractivity contribution >= 4 is 5.65 Å². The van der Waals surface area contributed by atoms with Crippen LogP contribution in [0.3, 0.4) is 0 Å². The lowest BCUT2D eigenvalue weighted by atomic mass is 9.94. The first-order valence-corrected chi connectivity index (χ1v) is 8.81. The number of phenolic OH excluding ortho intramolecular Hbond substituents is 1. The Labute approximate surface area is 150 Å². The van der Waals surface area contributed by atoms with Crippen molar-refractivity contribution in [1.82, 2.24) is 19.9 Å². The first-order valence-electron chi connectivity index (χ1n) is 8.81. The lowest BCUT2D eigenvalue weighted by molar-refractivity contribution is 0.181. The molecule has 1 fully saturated rings. The molecule has 7 nitrogen and oxygen atoms in total. The fourth-order valence-corrected chi connectivity index (χ4v) is 3.69. The normalized spacial score (nSPS) is 15.6. The molecule has 3 N–H and O–H groups in total. The van der Waals surface area contributed by atoms with Crippen molar-refractivity contribution in [2.45, 2.75) is 25.4 Å². The molecule has 1 aromatic carbocycles. The highest BCUT2D eigenvalue weighted by Crippen LogP contribution is 2.32. The summed E-state index contributed by atoms with van der Waals surface area (Å²) in [6, 6.07) is 8.56. The van der Waals surface area contributed by atoms with Gasteiger partial charge in [-0.3, -0.25) is 4.79 Å². The molecule has 4 rings (SSSR count). The second-order valence-electron chi connectivity index (χ2n) is 6.64. The van der Waals surface area contributed by atoms with E-state index >= 15 is 0 Å². The first kappa shape index (κ1) is 16.8. The Morgan fingerprint density at radius 2 is 2.00 bits per heavy atom. The molecule has 0 aliphatic carbocycles. The van der Waals surface area contributed by atoms with Crippen LogP contribution >= 0.6 is 0 Å². The van der Waals surface area contributed by atoms with Gasteiger partial charge in [0.25, 0.3) is 5.56 Å². The summed E-state index contributed by atoms with van der Waals surface area (Å²) in [5.41, 5.74) is 3.95. The van der Waals surface area contributed by atoms with Crippen LogP contribution in [0.25, 0.3) is 16.8 Å². The zero-order valence-electron chi connectivity index (χ0n) is 14.7. The Hall–Kier alpha value is -2.64. The smallest absolute Gasteiger partial charge is 0.251 e. The molecule has 0 bridgehead atoms. The number of nitrogens with one attached hydrogen (secondary N) is 2. The summed E-state index contributed by atoms with van der Waals surface area (Å²) >= 11 is 0. The van der Waals surface area contributed by atoms with Crippen LogP contribution in [0.5, 0.6) is 5.75 Å². The third kappa shape index (κ3) is 3.00. The summed E-state index contributed by atoms with van der Waals surface area (Å²) < 4.78 is 7.19. The van der Waals surface area contributed by atoms with Gasteiger partial charge in [0.2, 0.25) is 0 Å². The van der Waals surface area contributed by atoms with Crippen LogP contribution in [0.1, 0.15) is 30.1 Å². The van der Waals surface area contributed by atoms with Gasteiger partial charge < -0.3 is 20.1 Å².